The highest BCUT2D eigenvalue weighted by Gasteiger charge is 2.13. The summed E-state index contributed by atoms with van der Waals surface area (Å²) >= 11 is 1.21. The van der Waals surface area contributed by atoms with E-state index in [-0.39, 0.29) is 12.4 Å². The summed E-state index contributed by atoms with van der Waals surface area (Å²) in [4.78, 5) is 0. The molecule has 0 spiro atoms. The number of methoxy groups -OCH3 is 1. The first-order chi connectivity index (χ1) is 7.67. The van der Waals surface area contributed by atoms with Crippen molar-refractivity contribution in [2.24, 2.45) is 0 Å². The van der Waals surface area contributed by atoms with Crippen LogP contribution >= 0.6 is 23.7 Å². The Labute approximate surface area is 112 Å². The topological polar surface area (TPSA) is 67.4 Å². The van der Waals surface area contributed by atoms with E-state index in [0.717, 1.165) is 6.54 Å². The highest BCUT2D eigenvalue weighted by molar-refractivity contribution is 7.91. The summed E-state index contributed by atoms with van der Waals surface area (Å²) in [5.74, 6) is 0. The molecule has 0 saturated heterocycles. The van der Waals surface area contributed by atoms with Crippen LogP contribution in [0.1, 0.15) is 0 Å². The van der Waals surface area contributed by atoms with E-state index < -0.39 is 10.0 Å². The average Bonchev–Trinajstić information content (AvgIpc) is 2.77. The lowest BCUT2D eigenvalue weighted by Crippen LogP contribution is -2.32. The first-order valence-electron chi connectivity index (χ1n) is 4.89. The molecule has 0 aromatic carbocycles. The normalized spacial score (nSPS) is 11.1. The van der Waals surface area contributed by atoms with Crippen LogP contribution in [0.4, 0.5) is 0 Å². The lowest BCUT2D eigenvalue weighted by molar-refractivity contribution is 0.199. The minimum atomic E-state index is -3.31. The molecule has 0 aliphatic carbocycles. The molecular formula is C9H17ClN2O3S2. The summed E-state index contributed by atoms with van der Waals surface area (Å²) in [6.45, 7) is 2.31. The Bertz CT molecular complexity index is 381. The maximum atomic E-state index is 11.6. The van der Waals surface area contributed by atoms with Crippen molar-refractivity contribution in [3.05, 3.63) is 17.5 Å². The molecule has 0 radical (unpaired) electrons. The van der Waals surface area contributed by atoms with E-state index in [1.165, 1.54) is 11.3 Å². The highest BCUT2D eigenvalue weighted by atomic mass is 35.5. The van der Waals surface area contributed by atoms with Crippen LogP contribution in [0.25, 0.3) is 0 Å². The van der Waals surface area contributed by atoms with Crippen molar-refractivity contribution in [2.75, 3.05) is 33.4 Å². The third-order valence-corrected chi connectivity index (χ3v) is 4.70. The second kappa shape index (κ2) is 8.84. The maximum Gasteiger partial charge on any atom is 0.250 e. The van der Waals surface area contributed by atoms with Gasteiger partial charge in [-0.15, -0.1) is 23.7 Å². The summed E-state index contributed by atoms with van der Waals surface area (Å²) in [7, 11) is -1.69. The predicted molar refractivity (Wildman–Crippen MR) is 71.5 cm³/mol. The molecule has 2 N–H and O–H groups in total. The molecule has 8 heteroatoms. The molecule has 1 aromatic heterocycles. The van der Waals surface area contributed by atoms with Crippen molar-refractivity contribution >= 4 is 33.8 Å². The van der Waals surface area contributed by atoms with Crippen LogP contribution < -0.4 is 10.0 Å². The van der Waals surface area contributed by atoms with E-state index in [2.05, 4.69) is 10.0 Å². The van der Waals surface area contributed by atoms with Crippen molar-refractivity contribution < 1.29 is 13.2 Å². The molecule has 17 heavy (non-hydrogen) atoms. The first kappa shape index (κ1) is 16.8. The Morgan fingerprint density at radius 1 is 1.35 bits per heavy atom. The Morgan fingerprint density at radius 3 is 2.71 bits per heavy atom. The number of nitrogens with one attached hydrogen (secondary N) is 2. The number of hydrogen-bond donors (Lipinski definition) is 2. The second-order valence-corrected chi connectivity index (χ2v) is 6.01. The predicted octanol–water partition coefficient (Wildman–Crippen LogP) is 0.684. The van der Waals surface area contributed by atoms with Crippen molar-refractivity contribution in [1.29, 1.82) is 0 Å². The molecule has 0 unspecified atom stereocenters. The molecule has 0 fully saturated rings. The minimum absolute atomic E-state index is 0. The van der Waals surface area contributed by atoms with E-state index in [1.54, 1.807) is 24.6 Å². The minimum Gasteiger partial charge on any atom is -0.383 e. The quantitative estimate of drug-likeness (QED) is 0.693. The molecule has 5 nitrogen and oxygen atoms in total. The Balaban J connectivity index is 0.00000256. The maximum absolute atomic E-state index is 11.6. The van der Waals surface area contributed by atoms with E-state index in [4.69, 9.17) is 4.74 Å². The number of ether oxygens (including phenoxy) is 1. The highest BCUT2D eigenvalue weighted by Crippen LogP contribution is 2.14. The van der Waals surface area contributed by atoms with Gasteiger partial charge in [0, 0.05) is 26.7 Å². The van der Waals surface area contributed by atoms with Crippen LogP contribution in [0, 0.1) is 0 Å². The summed E-state index contributed by atoms with van der Waals surface area (Å²) in [6, 6.07) is 3.31. The first-order valence-corrected chi connectivity index (χ1v) is 7.26. The van der Waals surface area contributed by atoms with Gasteiger partial charge >= 0.3 is 0 Å². The van der Waals surface area contributed by atoms with Gasteiger partial charge in [0.15, 0.2) is 0 Å². The van der Waals surface area contributed by atoms with Gasteiger partial charge in [-0.05, 0) is 11.4 Å². The number of hydrogen-bond acceptors (Lipinski definition) is 5. The fourth-order valence-electron chi connectivity index (χ4n) is 1.06. The lowest BCUT2D eigenvalue weighted by atomic mass is 10.6. The van der Waals surface area contributed by atoms with Crippen LogP contribution in [0.2, 0.25) is 0 Å². The lowest BCUT2D eigenvalue weighted by Gasteiger charge is -2.05. The number of thiophene rings is 1. The van der Waals surface area contributed by atoms with E-state index in [1.807, 2.05) is 0 Å². The van der Waals surface area contributed by atoms with Gasteiger partial charge in [0.2, 0.25) is 10.0 Å². The van der Waals surface area contributed by atoms with E-state index in [9.17, 15) is 8.42 Å². The van der Waals surface area contributed by atoms with Gasteiger partial charge in [-0.3, -0.25) is 0 Å². The van der Waals surface area contributed by atoms with Gasteiger partial charge in [0.25, 0.3) is 0 Å². The van der Waals surface area contributed by atoms with Gasteiger partial charge in [-0.1, -0.05) is 6.07 Å². The van der Waals surface area contributed by atoms with Crippen molar-refractivity contribution in [3.8, 4) is 0 Å². The van der Waals surface area contributed by atoms with Gasteiger partial charge in [0.05, 0.1) is 6.61 Å². The third kappa shape index (κ3) is 6.35. The molecule has 0 bridgehead atoms. The summed E-state index contributed by atoms with van der Waals surface area (Å²) < 4.78 is 31.0. The molecule has 0 aliphatic heterocycles. The molecule has 1 aromatic rings. The number of sulfonamides is 1. The monoisotopic (exact) mass is 300 g/mol. The largest absolute Gasteiger partial charge is 0.383 e. The van der Waals surface area contributed by atoms with Gasteiger partial charge in [-0.2, -0.15) is 0 Å². The van der Waals surface area contributed by atoms with Crippen LogP contribution in [0.5, 0.6) is 0 Å². The summed E-state index contributed by atoms with van der Waals surface area (Å²) in [5, 5.41) is 4.80. The van der Waals surface area contributed by atoms with Crippen LogP contribution in [-0.2, 0) is 14.8 Å². The second-order valence-electron chi connectivity index (χ2n) is 3.07. The van der Waals surface area contributed by atoms with E-state index >= 15 is 0 Å². The number of rotatable bonds is 8. The van der Waals surface area contributed by atoms with Gasteiger partial charge in [0.1, 0.15) is 4.21 Å². The smallest absolute Gasteiger partial charge is 0.250 e. The third-order valence-electron chi connectivity index (χ3n) is 1.84. The average molecular weight is 301 g/mol. The standard InChI is InChI=1S/C9H16N2O3S2.ClH/c1-14-7-6-10-4-5-11-16(12,13)9-3-2-8-15-9;/h2-3,8,10-11H,4-7H2,1H3;1H. The molecule has 0 amide bonds. The van der Waals surface area contributed by atoms with Crippen LogP contribution in [0.3, 0.4) is 0 Å². The molecule has 0 aliphatic rings. The van der Waals surface area contributed by atoms with Crippen molar-refractivity contribution in [2.45, 2.75) is 4.21 Å². The zero-order valence-electron chi connectivity index (χ0n) is 9.51. The van der Waals surface area contributed by atoms with Crippen molar-refractivity contribution in [3.63, 3.8) is 0 Å². The fourth-order valence-corrected chi connectivity index (χ4v) is 3.13. The summed E-state index contributed by atoms with van der Waals surface area (Å²) in [6.07, 6.45) is 0. The molecule has 1 heterocycles. The van der Waals surface area contributed by atoms with Crippen LogP contribution in [0.15, 0.2) is 21.7 Å². The SMILES string of the molecule is COCCNCCNS(=O)(=O)c1cccs1.Cl. The Kier molecular flexibility index (Phi) is 8.75. The molecule has 0 saturated carbocycles. The van der Waals surface area contributed by atoms with E-state index in [0.29, 0.717) is 23.9 Å². The Hall–Kier alpha value is -0.180. The molecule has 0 atom stereocenters. The fraction of sp³-hybridized carbons (Fsp3) is 0.556. The summed E-state index contributed by atoms with van der Waals surface area (Å²) in [5.41, 5.74) is 0. The van der Waals surface area contributed by atoms with Gasteiger partial charge < -0.3 is 10.1 Å². The van der Waals surface area contributed by atoms with Crippen LogP contribution in [-0.4, -0.2) is 41.8 Å². The molecule has 100 valence electrons. The molecule has 1 rings (SSSR count). The molecular weight excluding hydrogens is 284 g/mol. The van der Waals surface area contributed by atoms with Crippen molar-refractivity contribution in [1.82, 2.24) is 10.0 Å². The number of halogens is 1. The Morgan fingerprint density at radius 2 is 2.12 bits per heavy atom. The zero-order valence-corrected chi connectivity index (χ0v) is 12.0. The van der Waals surface area contributed by atoms with Gasteiger partial charge in [-0.25, -0.2) is 13.1 Å². The zero-order chi connectivity index (χ0) is 11.9.